The number of hydrogen-bond donors (Lipinski definition) is 2. The highest BCUT2D eigenvalue weighted by Gasteiger charge is 2.10. The molecule has 0 unspecified atom stereocenters. The highest BCUT2D eigenvalue weighted by molar-refractivity contribution is 5.91. The van der Waals surface area contributed by atoms with Gasteiger partial charge in [-0.05, 0) is 0 Å². The van der Waals surface area contributed by atoms with Gasteiger partial charge < -0.3 is 10.6 Å². The first kappa shape index (κ1) is 11.9. The fraction of sp³-hybridized carbons (Fsp3) is 0.545. The van der Waals surface area contributed by atoms with Crippen LogP contribution in [-0.2, 0) is 0 Å². The maximum absolute atomic E-state index is 11.6. The number of carbonyl (C=O) groups is 1. The lowest BCUT2D eigenvalue weighted by atomic mass is 10.3. The molecule has 2 N–H and O–H groups in total. The van der Waals surface area contributed by atoms with Gasteiger partial charge in [0.25, 0.3) is 5.91 Å². The lowest BCUT2D eigenvalue weighted by Gasteiger charge is -2.26. The number of nitrogens with zero attached hydrogens (tertiary/aromatic N) is 3. The predicted molar refractivity (Wildman–Crippen MR) is 63.7 cm³/mol. The second-order valence-electron chi connectivity index (χ2n) is 3.94. The third kappa shape index (κ3) is 3.76. The molecule has 0 atom stereocenters. The van der Waals surface area contributed by atoms with Gasteiger partial charge in [-0.1, -0.05) is 0 Å². The lowest BCUT2D eigenvalue weighted by Crippen LogP contribution is -2.46. The van der Waals surface area contributed by atoms with Gasteiger partial charge in [0.2, 0.25) is 0 Å². The Morgan fingerprint density at radius 2 is 2.24 bits per heavy atom. The average Bonchev–Trinajstić information content (AvgIpc) is 2.41. The molecule has 0 spiro atoms. The van der Waals surface area contributed by atoms with Crippen LogP contribution in [0.2, 0.25) is 0 Å². The minimum absolute atomic E-state index is 0.159. The van der Waals surface area contributed by atoms with Gasteiger partial charge in [0.05, 0.1) is 6.20 Å². The standard InChI is InChI=1S/C11H17N5O/c17-11(10-9-13-1-2-14-10)15-5-8-16-6-3-12-4-7-16/h1-2,9,12H,3-8H2,(H,15,17). The molecule has 2 rings (SSSR count). The van der Waals surface area contributed by atoms with E-state index in [1.165, 1.54) is 12.4 Å². The quantitative estimate of drug-likeness (QED) is 0.708. The van der Waals surface area contributed by atoms with Crippen molar-refractivity contribution in [1.82, 2.24) is 25.5 Å². The number of amides is 1. The fourth-order valence-corrected chi connectivity index (χ4v) is 1.77. The molecule has 17 heavy (non-hydrogen) atoms. The normalized spacial score (nSPS) is 16.7. The van der Waals surface area contributed by atoms with Crippen LogP contribution in [0.3, 0.4) is 0 Å². The van der Waals surface area contributed by atoms with E-state index in [1.807, 2.05) is 0 Å². The van der Waals surface area contributed by atoms with E-state index in [9.17, 15) is 4.79 Å². The Hall–Kier alpha value is -1.53. The number of carbonyl (C=O) groups excluding carboxylic acids is 1. The zero-order chi connectivity index (χ0) is 11.9. The molecule has 0 saturated carbocycles. The highest BCUT2D eigenvalue weighted by atomic mass is 16.1. The summed E-state index contributed by atoms with van der Waals surface area (Å²) in [6, 6.07) is 0. The molecule has 1 aliphatic heterocycles. The Morgan fingerprint density at radius 1 is 1.41 bits per heavy atom. The van der Waals surface area contributed by atoms with Crippen molar-refractivity contribution in [3.63, 3.8) is 0 Å². The molecule has 6 nitrogen and oxygen atoms in total. The number of hydrogen-bond acceptors (Lipinski definition) is 5. The minimum Gasteiger partial charge on any atom is -0.349 e. The van der Waals surface area contributed by atoms with Gasteiger partial charge in [-0.2, -0.15) is 0 Å². The molecule has 1 aliphatic rings. The summed E-state index contributed by atoms with van der Waals surface area (Å²) in [4.78, 5) is 21.8. The number of aromatic nitrogens is 2. The third-order valence-electron chi connectivity index (χ3n) is 2.72. The van der Waals surface area contributed by atoms with Crippen molar-refractivity contribution in [3.8, 4) is 0 Å². The van der Waals surface area contributed by atoms with Crippen LogP contribution in [0, 0.1) is 0 Å². The van der Waals surface area contributed by atoms with Crippen molar-refractivity contribution in [2.24, 2.45) is 0 Å². The number of piperazine rings is 1. The average molecular weight is 235 g/mol. The highest BCUT2D eigenvalue weighted by Crippen LogP contribution is 1.92. The molecule has 1 aromatic heterocycles. The van der Waals surface area contributed by atoms with Crippen molar-refractivity contribution in [1.29, 1.82) is 0 Å². The van der Waals surface area contributed by atoms with Gasteiger partial charge in [-0.25, -0.2) is 4.98 Å². The van der Waals surface area contributed by atoms with E-state index >= 15 is 0 Å². The summed E-state index contributed by atoms with van der Waals surface area (Å²) < 4.78 is 0. The monoisotopic (exact) mass is 235 g/mol. The molecule has 0 radical (unpaired) electrons. The summed E-state index contributed by atoms with van der Waals surface area (Å²) in [6.07, 6.45) is 4.54. The van der Waals surface area contributed by atoms with Crippen LogP contribution in [0.4, 0.5) is 0 Å². The van der Waals surface area contributed by atoms with Crippen molar-refractivity contribution in [2.75, 3.05) is 39.3 Å². The largest absolute Gasteiger partial charge is 0.349 e. The molecule has 1 aromatic rings. The van der Waals surface area contributed by atoms with Crippen LogP contribution in [-0.4, -0.2) is 60.0 Å². The summed E-state index contributed by atoms with van der Waals surface area (Å²) in [5.41, 5.74) is 0.368. The molecule has 0 bridgehead atoms. The molecule has 1 saturated heterocycles. The topological polar surface area (TPSA) is 70.2 Å². The zero-order valence-corrected chi connectivity index (χ0v) is 9.72. The molecular weight excluding hydrogens is 218 g/mol. The molecule has 6 heteroatoms. The van der Waals surface area contributed by atoms with E-state index in [-0.39, 0.29) is 5.91 Å². The minimum atomic E-state index is -0.159. The van der Waals surface area contributed by atoms with Gasteiger partial charge in [0.15, 0.2) is 0 Å². The van der Waals surface area contributed by atoms with Crippen LogP contribution >= 0.6 is 0 Å². The maximum Gasteiger partial charge on any atom is 0.271 e. The van der Waals surface area contributed by atoms with E-state index in [4.69, 9.17) is 0 Å². The van der Waals surface area contributed by atoms with Gasteiger partial charge in [0, 0.05) is 51.7 Å². The zero-order valence-electron chi connectivity index (χ0n) is 9.72. The first-order chi connectivity index (χ1) is 8.36. The molecular formula is C11H17N5O. The molecule has 1 amide bonds. The van der Waals surface area contributed by atoms with E-state index in [0.29, 0.717) is 12.2 Å². The Kier molecular flexibility index (Phi) is 4.40. The second kappa shape index (κ2) is 6.27. The van der Waals surface area contributed by atoms with Gasteiger partial charge in [0.1, 0.15) is 5.69 Å². The van der Waals surface area contributed by atoms with E-state index in [0.717, 1.165) is 32.7 Å². The van der Waals surface area contributed by atoms with Crippen LogP contribution in [0.1, 0.15) is 10.5 Å². The first-order valence-electron chi connectivity index (χ1n) is 5.83. The Labute approximate surface area is 100 Å². The smallest absolute Gasteiger partial charge is 0.271 e. The lowest BCUT2D eigenvalue weighted by molar-refractivity contribution is 0.0942. The van der Waals surface area contributed by atoms with Crippen molar-refractivity contribution < 1.29 is 4.79 Å². The third-order valence-corrected chi connectivity index (χ3v) is 2.72. The maximum atomic E-state index is 11.6. The molecule has 0 aromatic carbocycles. The van der Waals surface area contributed by atoms with E-state index < -0.39 is 0 Å². The second-order valence-corrected chi connectivity index (χ2v) is 3.94. The summed E-state index contributed by atoms with van der Waals surface area (Å²) >= 11 is 0. The van der Waals surface area contributed by atoms with Gasteiger partial charge >= 0.3 is 0 Å². The molecule has 0 aliphatic carbocycles. The summed E-state index contributed by atoms with van der Waals surface area (Å²) in [6.45, 7) is 5.67. The predicted octanol–water partition coefficient (Wildman–Crippen LogP) is -0.888. The van der Waals surface area contributed by atoms with Crippen LogP contribution in [0.5, 0.6) is 0 Å². The molecule has 92 valence electrons. The van der Waals surface area contributed by atoms with Crippen molar-refractivity contribution in [3.05, 3.63) is 24.3 Å². The Balaban J connectivity index is 1.69. The van der Waals surface area contributed by atoms with Crippen molar-refractivity contribution >= 4 is 5.91 Å². The van der Waals surface area contributed by atoms with Gasteiger partial charge in [-0.15, -0.1) is 0 Å². The fourth-order valence-electron chi connectivity index (χ4n) is 1.77. The summed E-state index contributed by atoms with van der Waals surface area (Å²) in [5, 5.41) is 6.14. The van der Waals surface area contributed by atoms with Gasteiger partial charge in [-0.3, -0.25) is 14.7 Å². The Bertz CT molecular complexity index is 350. The number of rotatable bonds is 4. The summed E-state index contributed by atoms with van der Waals surface area (Å²) in [5.74, 6) is -0.159. The number of nitrogens with one attached hydrogen (secondary N) is 2. The Morgan fingerprint density at radius 3 is 2.94 bits per heavy atom. The van der Waals surface area contributed by atoms with Crippen LogP contribution in [0.15, 0.2) is 18.6 Å². The van der Waals surface area contributed by atoms with E-state index in [2.05, 4.69) is 25.5 Å². The van der Waals surface area contributed by atoms with E-state index in [1.54, 1.807) is 6.20 Å². The first-order valence-corrected chi connectivity index (χ1v) is 5.83. The van der Waals surface area contributed by atoms with Crippen LogP contribution < -0.4 is 10.6 Å². The summed E-state index contributed by atoms with van der Waals surface area (Å²) in [7, 11) is 0. The van der Waals surface area contributed by atoms with Crippen LogP contribution in [0.25, 0.3) is 0 Å². The SMILES string of the molecule is O=C(NCCN1CCNCC1)c1cnccn1. The molecule has 1 fully saturated rings. The van der Waals surface area contributed by atoms with Crippen molar-refractivity contribution in [2.45, 2.75) is 0 Å². The molecule has 2 heterocycles.